The number of carbonyl (C=O) groups is 2. The number of ether oxygens (including phenoxy) is 1. The Kier molecular flexibility index (Phi) is 6.17. The van der Waals surface area contributed by atoms with Gasteiger partial charge in [-0.05, 0) is 48.7 Å². The van der Waals surface area contributed by atoms with Crippen LogP contribution in [0.2, 0.25) is 0 Å². The van der Waals surface area contributed by atoms with E-state index in [0.29, 0.717) is 29.3 Å². The highest BCUT2D eigenvalue weighted by atomic mass is 16.5. The fourth-order valence-electron chi connectivity index (χ4n) is 2.40. The first-order chi connectivity index (χ1) is 11.9. The Morgan fingerprint density at radius 3 is 2.44 bits per heavy atom. The third kappa shape index (κ3) is 4.83. The summed E-state index contributed by atoms with van der Waals surface area (Å²) in [5, 5.41) is 5.69. The molecule has 0 aliphatic carbocycles. The van der Waals surface area contributed by atoms with Gasteiger partial charge in [0.1, 0.15) is 5.75 Å². The molecule has 2 amide bonds. The van der Waals surface area contributed by atoms with Crippen molar-refractivity contribution in [1.82, 2.24) is 5.32 Å². The first-order valence-corrected chi connectivity index (χ1v) is 8.25. The van der Waals surface area contributed by atoms with Crippen molar-refractivity contribution in [2.75, 3.05) is 19.0 Å². The van der Waals surface area contributed by atoms with E-state index in [4.69, 9.17) is 4.74 Å². The van der Waals surface area contributed by atoms with E-state index in [-0.39, 0.29) is 11.8 Å². The van der Waals surface area contributed by atoms with E-state index in [1.807, 2.05) is 20.8 Å². The molecule has 0 aliphatic heterocycles. The molecule has 2 N–H and O–H groups in total. The first kappa shape index (κ1) is 18.5. The summed E-state index contributed by atoms with van der Waals surface area (Å²) in [4.78, 5) is 24.9. The fraction of sp³-hybridized carbons (Fsp3) is 0.300. The molecule has 0 heterocycles. The van der Waals surface area contributed by atoms with Gasteiger partial charge in [0.2, 0.25) is 0 Å². The van der Waals surface area contributed by atoms with Gasteiger partial charge in [-0.15, -0.1) is 0 Å². The molecule has 0 fully saturated rings. The Balaban J connectivity index is 2.18. The molecule has 5 nitrogen and oxygen atoms in total. The molecule has 2 rings (SSSR count). The van der Waals surface area contributed by atoms with E-state index < -0.39 is 0 Å². The van der Waals surface area contributed by atoms with Gasteiger partial charge in [0.15, 0.2) is 0 Å². The van der Waals surface area contributed by atoms with Gasteiger partial charge in [0.25, 0.3) is 11.8 Å². The number of methoxy groups -OCH3 is 1. The molecule has 0 spiro atoms. The zero-order valence-electron chi connectivity index (χ0n) is 15.1. The maximum Gasteiger partial charge on any atom is 0.255 e. The van der Waals surface area contributed by atoms with E-state index in [2.05, 4.69) is 10.6 Å². The summed E-state index contributed by atoms with van der Waals surface area (Å²) in [6.07, 6.45) is 0. The highest BCUT2D eigenvalue weighted by Gasteiger charge is 2.14. The quantitative estimate of drug-likeness (QED) is 0.843. The number of para-hydroxylation sites is 1. The number of hydrogen-bond donors (Lipinski definition) is 2. The van der Waals surface area contributed by atoms with Crippen molar-refractivity contribution in [3.8, 4) is 5.75 Å². The Labute approximate surface area is 148 Å². The van der Waals surface area contributed by atoms with Crippen molar-refractivity contribution in [3.63, 3.8) is 0 Å². The molecule has 0 atom stereocenters. The zero-order chi connectivity index (χ0) is 18.4. The van der Waals surface area contributed by atoms with E-state index in [9.17, 15) is 9.59 Å². The van der Waals surface area contributed by atoms with Gasteiger partial charge >= 0.3 is 0 Å². The van der Waals surface area contributed by atoms with Gasteiger partial charge in [0.05, 0.1) is 18.4 Å². The largest absolute Gasteiger partial charge is 0.496 e. The summed E-state index contributed by atoms with van der Waals surface area (Å²) in [5.74, 6) is 0.614. The van der Waals surface area contributed by atoms with E-state index >= 15 is 0 Å². The van der Waals surface area contributed by atoms with Crippen molar-refractivity contribution in [2.24, 2.45) is 5.92 Å². The average Bonchev–Trinajstić information content (AvgIpc) is 2.60. The van der Waals surface area contributed by atoms with Gasteiger partial charge < -0.3 is 15.4 Å². The summed E-state index contributed by atoms with van der Waals surface area (Å²) in [6, 6.07) is 12.2. The zero-order valence-corrected chi connectivity index (χ0v) is 15.1. The first-order valence-electron chi connectivity index (χ1n) is 8.25. The second kappa shape index (κ2) is 8.33. The van der Waals surface area contributed by atoms with Crippen molar-refractivity contribution in [1.29, 1.82) is 0 Å². The molecule has 0 aromatic heterocycles. The highest BCUT2D eigenvalue weighted by molar-refractivity contribution is 6.09. The van der Waals surface area contributed by atoms with Crippen LogP contribution in [-0.2, 0) is 0 Å². The van der Waals surface area contributed by atoms with Gasteiger partial charge in [-0.3, -0.25) is 9.59 Å². The molecule has 5 heteroatoms. The Morgan fingerprint density at radius 2 is 1.80 bits per heavy atom. The molecule has 2 aromatic carbocycles. The fourth-order valence-corrected chi connectivity index (χ4v) is 2.40. The van der Waals surface area contributed by atoms with Crippen LogP contribution in [0.15, 0.2) is 42.5 Å². The van der Waals surface area contributed by atoms with Crippen LogP contribution in [0.5, 0.6) is 5.75 Å². The lowest BCUT2D eigenvalue weighted by Gasteiger charge is -2.13. The minimum atomic E-state index is -0.269. The Hall–Kier alpha value is -2.82. The van der Waals surface area contributed by atoms with Crippen molar-refractivity contribution in [3.05, 3.63) is 59.2 Å². The van der Waals surface area contributed by atoms with Crippen LogP contribution in [0.1, 0.15) is 40.1 Å². The second-order valence-electron chi connectivity index (χ2n) is 6.29. The molecule has 0 bridgehead atoms. The van der Waals surface area contributed by atoms with Crippen molar-refractivity contribution < 1.29 is 14.3 Å². The number of nitrogens with one attached hydrogen (secondary N) is 2. The molecule has 0 radical (unpaired) electrons. The van der Waals surface area contributed by atoms with Crippen LogP contribution in [0.4, 0.5) is 5.69 Å². The number of amides is 2. The van der Waals surface area contributed by atoms with Crippen LogP contribution in [0, 0.1) is 12.8 Å². The smallest absolute Gasteiger partial charge is 0.255 e. The third-order valence-electron chi connectivity index (χ3n) is 3.75. The Bertz CT molecular complexity index is 769. The number of hydrogen-bond acceptors (Lipinski definition) is 3. The van der Waals surface area contributed by atoms with E-state index in [1.54, 1.807) is 49.6 Å². The van der Waals surface area contributed by atoms with Crippen LogP contribution in [-0.4, -0.2) is 25.5 Å². The van der Waals surface area contributed by atoms with E-state index in [1.165, 1.54) is 0 Å². The Morgan fingerprint density at radius 1 is 1.08 bits per heavy atom. The maximum absolute atomic E-state index is 12.5. The van der Waals surface area contributed by atoms with Crippen LogP contribution in [0.25, 0.3) is 0 Å². The molecule has 0 saturated heterocycles. The molecular formula is C20H24N2O3. The summed E-state index contributed by atoms with van der Waals surface area (Å²) < 4.78 is 5.21. The average molecular weight is 340 g/mol. The molecular weight excluding hydrogens is 316 g/mol. The lowest BCUT2D eigenvalue weighted by molar-refractivity contribution is 0.0950. The molecule has 0 aliphatic rings. The third-order valence-corrected chi connectivity index (χ3v) is 3.75. The summed E-state index contributed by atoms with van der Waals surface area (Å²) in [7, 11) is 1.59. The van der Waals surface area contributed by atoms with Crippen molar-refractivity contribution in [2.45, 2.75) is 20.8 Å². The van der Waals surface area contributed by atoms with Gasteiger partial charge in [-0.25, -0.2) is 0 Å². The topological polar surface area (TPSA) is 67.4 Å². The van der Waals surface area contributed by atoms with Crippen LogP contribution >= 0.6 is 0 Å². The van der Waals surface area contributed by atoms with Gasteiger partial charge in [0, 0.05) is 12.1 Å². The standard InChI is InChI=1S/C20H24N2O3/c1-13(2)12-21-20(24)16-7-5-6-8-17(16)22-19(23)15-9-10-18(25-4)14(3)11-15/h5-11,13H,12H2,1-4H3,(H,21,24)(H,22,23). The van der Waals surface area contributed by atoms with Crippen molar-refractivity contribution >= 4 is 17.5 Å². The summed E-state index contributed by atoms with van der Waals surface area (Å²) in [6.45, 7) is 6.52. The molecule has 132 valence electrons. The molecule has 2 aromatic rings. The molecule has 25 heavy (non-hydrogen) atoms. The number of carbonyl (C=O) groups excluding carboxylic acids is 2. The number of benzene rings is 2. The summed E-state index contributed by atoms with van der Waals surface area (Å²) in [5.41, 5.74) is 2.32. The lowest BCUT2D eigenvalue weighted by atomic mass is 10.1. The lowest BCUT2D eigenvalue weighted by Crippen LogP contribution is -2.28. The molecule has 0 saturated carbocycles. The van der Waals surface area contributed by atoms with Gasteiger partial charge in [-0.2, -0.15) is 0 Å². The normalized spacial score (nSPS) is 10.4. The maximum atomic E-state index is 12.5. The summed E-state index contributed by atoms with van der Waals surface area (Å²) >= 11 is 0. The van der Waals surface area contributed by atoms with E-state index in [0.717, 1.165) is 11.3 Å². The van der Waals surface area contributed by atoms with Gasteiger partial charge in [-0.1, -0.05) is 26.0 Å². The minimum Gasteiger partial charge on any atom is -0.496 e. The minimum absolute atomic E-state index is 0.199. The number of rotatable bonds is 6. The predicted octanol–water partition coefficient (Wildman–Crippen LogP) is 3.64. The van der Waals surface area contributed by atoms with Crippen LogP contribution < -0.4 is 15.4 Å². The monoisotopic (exact) mass is 340 g/mol. The van der Waals surface area contributed by atoms with Crippen LogP contribution in [0.3, 0.4) is 0 Å². The number of anilines is 1. The predicted molar refractivity (Wildman–Crippen MR) is 99.3 cm³/mol. The molecule has 0 unspecified atom stereocenters. The number of aryl methyl sites for hydroxylation is 1. The second-order valence-corrected chi connectivity index (χ2v) is 6.29. The highest BCUT2D eigenvalue weighted by Crippen LogP contribution is 2.20. The SMILES string of the molecule is COc1ccc(C(=O)Nc2ccccc2C(=O)NCC(C)C)cc1C.